The summed E-state index contributed by atoms with van der Waals surface area (Å²) in [6, 6.07) is 9.49. The van der Waals surface area contributed by atoms with Crippen molar-refractivity contribution in [2.75, 3.05) is 13.7 Å². The first-order valence-electron chi connectivity index (χ1n) is 11.6. The fourth-order valence-electron chi connectivity index (χ4n) is 4.62. The van der Waals surface area contributed by atoms with Crippen molar-refractivity contribution in [2.45, 2.75) is 64.5 Å². The molecule has 0 atom stereocenters. The number of carbonyl (C=O) groups excluding carboxylic acids is 1. The van der Waals surface area contributed by atoms with Gasteiger partial charge in [-0.05, 0) is 49.6 Å². The summed E-state index contributed by atoms with van der Waals surface area (Å²) in [6.45, 7) is 3.28. The smallest absolute Gasteiger partial charge is 0.258 e. The maximum Gasteiger partial charge on any atom is 0.258 e. The molecule has 2 aromatic heterocycles. The van der Waals surface area contributed by atoms with E-state index in [1.54, 1.807) is 25.3 Å². The van der Waals surface area contributed by atoms with Gasteiger partial charge in [-0.15, -0.1) is 0 Å². The second-order valence-electron chi connectivity index (χ2n) is 8.46. The summed E-state index contributed by atoms with van der Waals surface area (Å²) >= 11 is 6.13. The lowest BCUT2D eigenvalue weighted by Crippen LogP contribution is -2.33. The minimum Gasteiger partial charge on any atom is -0.496 e. The van der Waals surface area contributed by atoms with E-state index in [9.17, 15) is 4.79 Å². The second kappa shape index (κ2) is 10.3. The van der Waals surface area contributed by atoms with Crippen LogP contribution in [0.15, 0.2) is 36.5 Å². The Balaban J connectivity index is 1.70. The summed E-state index contributed by atoms with van der Waals surface area (Å²) in [7, 11) is 1.56. The molecule has 0 unspecified atom stereocenters. The summed E-state index contributed by atoms with van der Waals surface area (Å²) in [6.07, 6.45) is 9.63. The molecule has 1 fully saturated rings. The maximum atomic E-state index is 13.6. The van der Waals surface area contributed by atoms with Crippen LogP contribution in [0.5, 0.6) is 5.75 Å². The number of rotatable bonds is 9. The molecular formula is C25H31ClN4O2. The van der Waals surface area contributed by atoms with E-state index in [1.165, 1.54) is 12.8 Å². The lowest BCUT2D eigenvalue weighted by atomic mass is 10.1. The number of pyridine rings is 1. The molecule has 0 aliphatic heterocycles. The van der Waals surface area contributed by atoms with E-state index in [2.05, 4.69) is 16.5 Å². The Morgan fingerprint density at radius 2 is 2.06 bits per heavy atom. The van der Waals surface area contributed by atoms with Gasteiger partial charge >= 0.3 is 0 Å². The standard InChI is InChI=1S/C25H31ClN4O2/c1-3-4-7-15-29(25(31)20-13-12-18(26)16-22(20)32-2)17-23-28-21-11-8-14-27-24(21)30(23)19-9-5-6-10-19/h8,11-14,16,19H,3-7,9-10,15,17H2,1-2H3. The molecule has 1 aromatic carbocycles. The molecule has 6 nitrogen and oxygen atoms in total. The van der Waals surface area contributed by atoms with E-state index >= 15 is 0 Å². The number of unbranched alkanes of at least 4 members (excludes halogenated alkanes) is 2. The lowest BCUT2D eigenvalue weighted by molar-refractivity contribution is 0.0729. The molecule has 1 aliphatic carbocycles. The molecule has 4 rings (SSSR count). The summed E-state index contributed by atoms with van der Waals surface area (Å²) < 4.78 is 7.74. The first kappa shape index (κ1) is 22.6. The van der Waals surface area contributed by atoms with Gasteiger partial charge in [0.15, 0.2) is 5.65 Å². The number of carbonyl (C=O) groups is 1. The number of imidazole rings is 1. The van der Waals surface area contributed by atoms with Gasteiger partial charge in [-0.2, -0.15) is 0 Å². The lowest BCUT2D eigenvalue weighted by Gasteiger charge is -2.25. The number of methoxy groups -OCH3 is 1. The van der Waals surface area contributed by atoms with Gasteiger partial charge in [0.25, 0.3) is 5.91 Å². The number of nitrogens with zero attached hydrogens (tertiary/aromatic N) is 4. The Hall–Kier alpha value is -2.60. The van der Waals surface area contributed by atoms with Gasteiger partial charge in [0.1, 0.15) is 17.1 Å². The third-order valence-electron chi connectivity index (χ3n) is 6.26. The molecule has 1 aliphatic rings. The van der Waals surface area contributed by atoms with Crippen LogP contribution in [0.1, 0.15) is 74.1 Å². The number of aromatic nitrogens is 3. The predicted molar refractivity (Wildman–Crippen MR) is 127 cm³/mol. The fourth-order valence-corrected chi connectivity index (χ4v) is 4.78. The monoisotopic (exact) mass is 454 g/mol. The number of ether oxygens (including phenoxy) is 1. The van der Waals surface area contributed by atoms with Crippen LogP contribution in [0.3, 0.4) is 0 Å². The highest BCUT2D eigenvalue weighted by Crippen LogP contribution is 2.34. The van der Waals surface area contributed by atoms with Crippen molar-refractivity contribution in [3.05, 3.63) is 52.9 Å². The molecule has 170 valence electrons. The van der Waals surface area contributed by atoms with Crippen LogP contribution in [0.4, 0.5) is 0 Å². The number of amides is 1. The van der Waals surface area contributed by atoms with E-state index in [0.717, 1.165) is 49.1 Å². The van der Waals surface area contributed by atoms with Gasteiger partial charge in [-0.25, -0.2) is 9.97 Å². The molecule has 1 amide bonds. The van der Waals surface area contributed by atoms with E-state index in [4.69, 9.17) is 21.3 Å². The van der Waals surface area contributed by atoms with Crippen molar-refractivity contribution < 1.29 is 9.53 Å². The summed E-state index contributed by atoms with van der Waals surface area (Å²) in [5, 5.41) is 0.546. The number of benzene rings is 1. The van der Waals surface area contributed by atoms with Crippen LogP contribution in [0, 0.1) is 0 Å². The van der Waals surface area contributed by atoms with Crippen molar-refractivity contribution in [1.82, 2.24) is 19.4 Å². The first-order valence-corrected chi connectivity index (χ1v) is 11.9. The van der Waals surface area contributed by atoms with Crippen LogP contribution in [0.25, 0.3) is 11.2 Å². The average Bonchev–Trinajstić information content (AvgIpc) is 3.45. The van der Waals surface area contributed by atoms with Gasteiger partial charge < -0.3 is 14.2 Å². The molecule has 7 heteroatoms. The molecule has 0 N–H and O–H groups in total. The molecule has 0 bridgehead atoms. The molecule has 1 saturated carbocycles. The average molecular weight is 455 g/mol. The van der Waals surface area contributed by atoms with E-state index in [1.807, 2.05) is 23.2 Å². The van der Waals surface area contributed by atoms with E-state index in [-0.39, 0.29) is 5.91 Å². The number of hydrogen-bond donors (Lipinski definition) is 0. The zero-order valence-corrected chi connectivity index (χ0v) is 19.6. The van der Waals surface area contributed by atoms with Gasteiger partial charge in [0.05, 0.1) is 19.2 Å². The summed E-state index contributed by atoms with van der Waals surface area (Å²) in [4.78, 5) is 25.1. The summed E-state index contributed by atoms with van der Waals surface area (Å²) in [5.41, 5.74) is 2.33. The van der Waals surface area contributed by atoms with Gasteiger partial charge in [-0.1, -0.05) is 44.2 Å². The fraction of sp³-hybridized carbons (Fsp3) is 0.480. The van der Waals surface area contributed by atoms with Crippen molar-refractivity contribution in [1.29, 1.82) is 0 Å². The highest BCUT2D eigenvalue weighted by molar-refractivity contribution is 6.30. The molecule has 2 heterocycles. The quantitative estimate of drug-likeness (QED) is 0.370. The van der Waals surface area contributed by atoms with Crippen molar-refractivity contribution in [2.24, 2.45) is 0 Å². The van der Waals surface area contributed by atoms with Crippen LogP contribution >= 0.6 is 11.6 Å². The Morgan fingerprint density at radius 1 is 1.25 bits per heavy atom. The second-order valence-corrected chi connectivity index (χ2v) is 8.90. The van der Waals surface area contributed by atoms with Gasteiger partial charge in [0.2, 0.25) is 0 Å². The Bertz CT molecular complexity index is 1070. The highest BCUT2D eigenvalue weighted by Gasteiger charge is 2.27. The molecule has 0 spiro atoms. The minimum absolute atomic E-state index is 0.0624. The van der Waals surface area contributed by atoms with Crippen LogP contribution in [0.2, 0.25) is 5.02 Å². The SMILES string of the molecule is CCCCCN(Cc1nc2cccnc2n1C1CCCC1)C(=O)c1ccc(Cl)cc1OC. The molecule has 0 saturated heterocycles. The predicted octanol–water partition coefficient (Wildman–Crippen LogP) is 6.04. The Labute approximate surface area is 194 Å². The van der Waals surface area contributed by atoms with Crippen LogP contribution in [-0.2, 0) is 6.54 Å². The normalized spacial score (nSPS) is 14.2. The number of hydrogen-bond acceptors (Lipinski definition) is 4. The van der Waals surface area contributed by atoms with Crippen molar-refractivity contribution >= 4 is 28.7 Å². The third-order valence-corrected chi connectivity index (χ3v) is 6.49. The van der Waals surface area contributed by atoms with Crippen LogP contribution in [-0.4, -0.2) is 39.0 Å². The summed E-state index contributed by atoms with van der Waals surface area (Å²) in [5.74, 6) is 1.34. The Kier molecular flexibility index (Phi) is 7.30. The van der Waals surface area contributed by atoms with E-state index in [0.29, 0.717) is 35.5 Å². The van der Waals surface area contributed by atoms with Gasteiger partial charge in [-0.3, -0.25) is 4.79 Å². The molecule has 32 heavy (non-hydrogen) atoms. The highest BCUT2D eigenvalue weighted by atomic mass is 35.5. The van der Waals surface area contributed by atoms with Crippen LogP contribution < -0.4 is 4.74 Å². The van der Waals surface area contributed by atoms with Crippen molar-refractivity contribution in [3.63, 3.8) is 0 Å². The molecular weight excluding hydrogens is 424 g/mol. The maximum absolute atomic E-state index is 13.6. The Morgan fingerprint density at radius 3 is 2.81 bits per heavy atom. The van der Waals surface area contributed by atoms with Crippen molar-refractivity contribution in [3.8, 4) is 5.75 Å². The topological polar surface area (TPSA) is 60.2 Å². The third kappa shape index (κ3) is 4.75. The minimum atomic E-state index is -0.0624. The largest absolute Gasteiger partial charge is 0.496 e. The zero-order valence-electron chi connectivity index (χ0n) is 18.9. The molecule has 3 aromatic rings. The number of fused-ring (bicyclic) bond motifs is 1. The number of halogens is 1. The zero-order chi connectivity index (χ0) is 22.5. The molecule has 0 radical (unpaired) electrons. The van der Waals surface area contributed by atoms with Gasteiger partial charge in [0, 0.05) is 23.8 Å². The van der Waals surface area contributed by atoms with E-state index < -0.39 is 0 Å². The first-order chi connectivity index (χ1) is 15.6.